The summed E-state index contributed by atoms with van der Waals surface area (Å²) in [5, 5.41) is 3.38. The minimum Gasteiger partial charge on any atom is -0.370 e. The highest BCUT2D eigenvalue weighted by Crippen LogP contribution is 2.35. The van der Waals surface area contributed by atoms with Crippen LogP contribution in [-0.2, 0) is 0 Å². The number of aromatic nitrogens is 3. The number of fused-ring (bicyclic) bond motifs is 1. The first-order valence-electron chi connectivity index (χ1n) is 9.36. The van der Waals surface area contributed by atoms with Gasteiger partial charge in [-0.2, -0.15) is 0 Å². The van der Waals surface area contributed by atoms with E-state index in [4.69, 9.17) is 4.98 Å². The number of aromatic amines is 1. The van der Waals surface area contributed by atoms with Crippen LogP contribution in [0.3, 0.4) is 0 Å². The van der Waals surface area contributed by atoms with Crippen LogP contribution >= 0.6 is 0 Å². The summed E-state index contributed by atoms with van der Waals surface area (Å²) in [5.41, 5.74) is 6.67. The van der Waals surface area contributed by atoms with Crippen molar-refractivity contribution >= 4 is 22.6 Å². The predicted octanol–water partition coefficient (Wildman–Crippen LogP) is 4.42. The summed E-state index contributed by atoms with van der Waals surface area (Å²) in [6.07, 6.45) is 4.86. The van der Waals surface area contributed by atoms with E-state index < -0.39 is 0 Å². The van der Waals surface area contributed by atoms with Gasteiger partial charge in [0.05, 0.1) is 11.9 Å². The maximum atomic E-state index is 4.91. The fourth-order valence-electron chi connectivity index (χ4n) is 3.22. The average Bonchev–Trinajstić information content (AvgIpc) is 3.10. The Morgan fingerprint density at radius 3 is 2.74 bits per heavy atom. The zero-order valence-electron chi connectivity index (χ0n) is 16.1. The van der Waals surface area contributed by atoms with Crippen molar-refractivity contribution in [2.24, 2.45) is 10.4 Å². The summed E-state index contributed by atoms with van der Waals surface area (Å²) < 4.78 is 0. The molecule has 1 aromatic carbocycles. The molecule has 3 aromatic rings. The highest BCUT2D eigenvalue weighted by molar-refractivity contribution is 6.00. The van der Waals surface area contributed by atoms with Crippen LogP contribution in [0.15, 0.2) is 48.2 Å². The lowest BCUT2D eigenvalue weighted by Crippen LogP contribution is -2.30. The molecule has 2 N–H and O–H groups in total. The second-order valence-corrected chi connectivity index (χ2v) is 7.97. The molecule has 0 amide bonds. The van der Waals surface area contributed by atoms with Crippen molar-refractivity contribution in [1.29, 1.82) is 0 Å². The number of nitrogens with zero attached hydrogens (tertiary/aromatic N) is 3. The summed E-state index contributed by atoms with van der Waals surface area (Å²) >= 11 is 0. The number of nitrogens with one attached hydrogen (secondary N) is 2. The minimum absolute atomic E-state index is 0.0302. The Hall–Kier alpha value is -2.95. The monoisotopic (exact) mass is 359 g/mol. The Bertz CT molecular complexity index is 1040. The van der Waals surface area contributed by atoms with Crippen LogP contribution in [0.25, 0.3) is 28.0 Å². The van der Waals surface area contributed by atoms with Gasteiger partial charge in [-0.3, -0.25) is 4.99 Å². The first kappa shape index (κ1) is 17.5. The molecule has 5 heteroatoms. The van der Waals surface area contributed by atoms with Crippen molar-refractivity contribution in [3.05, 3.63) is 54.4 Å². The number of hydrogen-bond donors (Lipinski definition) is 2. The number of H-pyrrole nitrogens is 1. The Labute approximate surface area is 159 Å². The molecule has 1 aliphatic heterocycles. The summed E-state index contributed by atoms with van der Waals surface area (Å²) in [6, 6.07) is 8.31. The van der Waals surface area contributed by atoms with E-state index >= 15 is 0 Å². The van der Waals surface area contributed by atoms with Crippen molar-refractivity contribution in [1.82, 2.24) is 20.3 Å². The Morgan fingerprint density at radius 2 is 2.00 bits per heavy atom. The Kier molecular flexibility index (Phi) is 4.30. The van der Waals surface area contributed by atoms with Crippen LogP contribution in [0.4, 0.5) is 0 Å². The normalized spacial score (nSPS) is 14.7. The summed E-state index contributed by atoms with van der Waals surface area (Å²) in [5.74, 6) is 0.959. The van der Waals surface area contributed by atoms with Gasteiger partial charge in [-0.25, -0.2) is 9.97 Å². The van der Waals surface area contributed by atoms with Crippen molar-refractivity contribution in [2.75, 3.05) is 13.1 Å². The van der Waals surface area contributed by atoms with Crippen molar-refractivity contribution in [3.8, 4) is 11.3 Å². The number of aliphatic imine (C=N–C) groups is 1. The zero-order valence-corrected chi connectivity index (χ0v) is 16.1. The first-order valence-corrected chi connectivity index (χ1v) is 9.36. The summed E-state index contributed by atoms with van der Waals surface area (Å²) in [7, 11) is 0. The fraction of sp³-hybridized carbons (Fsp3) is 0.318. The van der Waals surface area contributed by atoms with Crippen LogP contribution < -0.4 is 5.32 Å². The van der Waals surface area contributed by atoms with Crippen molar-refractivity contribution < 1.29 is 0 Å². The molecule has 0 bridgehead atoms. The molecule has 4 rings (SSSR count). The highest BCUT2D eigenvalue weighted by Gasteiger charge is 2.21. The molecule has 0 saturated heterocycles. The Balaban J connectivity index is 1.76. The molecule has 0 aliphatic carbocycles. The van der Waals surface area contributed by atoms with E-state index in [0.717, 1.165) is 64.5 Å². The molecule has 0 radical (unpaired) electrons. The molecule has 138 valence electrons. The maximum absolute atomic E-state index is 4.91. The molecule has 0 saturated carbocycles. The minimum atomic E-state index is -0.0302. The average molecular weight is 359 g/mol. The van der Waals surface area contributed by atoms with E-state index in [-0.39, 0.29) is 5.41 Å². The molecule has 0 unspecified atom stereocenters. The molecular formula is C22H25N5. The van der Waals surface area contributed by atoms with Gasteiger partial charge < -0.3 is 10.3 Å². The smallest absolute Gasteiger partial charge is 0.156 e. The Morgan fingerprint density at radius 1 is 1.19 bits per heavy atom. The van der Waals surface area contributed by atoms with Crippen LogP contribution in [0.5, 0.6) is 0 Å². The largest absolute Gasteiger partial charge is 0.370 e. The topological polar surface area (TPSA) is 66.0 Å². The second kappa shape index (κ2) is 6.65. The molecule has 3 heterocycles. The van der Waals surface area contributed by atoms with Gasteiger partial charge >= 0.3 is 0 Å². The zero-order chi connectivity index (χ0) is 19.0. The van der Waals surface area contributed by atoms with E-state index in [2.05, 4.69) is 65.8 Å². The van der Waals surface area contributed by atoms with E-state index in [1.165, 1.54) is 0 Å². The lowest BCUT2D eigenvalue weighted by Gasteiger charge is -2.21. The van der Waals surface area contributed by atoms with E-state index in [1.54, 1.807) is 0 Å². The number of hydrogen-bond acceptors (Lipinski definition) is 4. The van der Waals surface area contributed by atoms with E-state index in [9.17, 15) is 0 Å². The van der Waals surface area contributed by atoms with Gasteiger partial charge in [0.1, 0.15) is 11.4 Å². The third-order valence-electron chi connectivity index (χ3n) is 4.94. The SMILES string of the molecule is C=C(c1c[nH]c2ncc(-c3cccc(C4=NCCCN4)c3)nc12)C(C)(C)C. The van der Waals surface area contributed by atoms with Gasteiger partial charge in [-0.15, -0.1) is 0 Å². The third kappa shape index (κ3) is 3.37. The predicted molar refractivity (Wildman–Crippen MR) is 112 cm³/mol. The quantitative estimate of drug-likeness (QED) is 0.727. The third-order valence-corrected chi connectivity index (χ3v) is 4.94. The molecule has 27 heavy (non-hydrogen) atoms. The molecule has 5 nitrogen and oxygen atoms in total. The first-order chi connectivity index (χ1) is 12.9. The van der Waals surface area contributed by atoms with Crippen LogP contribution in [0.2, 0.25) is 0 Å². The van der Waals surface area contributed by atoms with E-state index in [0.29, 0.717) is 0 Å². The molecule has 2 aromatic heterocycles. The molecule has 0 fully saturated rings. The van der Waals surface area contributed by atoms with Gasteiger partial charge in [-0.1, -0.05) is 45.5 Å². The number of rotatable bonds is 3. The highest BCUT2D eigenvalue weighted by atomic mass is 15.0. The fourth-order valence-corrected chi connectivity index (χ4v) is 3.22. The molecule has 0 atom stereocenters. The standard InChI is InChI=1S/C22H25N5/c1-14(22(2,3)4)17-12-25-21-19(17)27-18(13-26-21)15-7-5-8-16(11-15)20-23-9-6-10-24-20/h5,7-8,11-13H,1,6,9-10H2,2-4H3,(H,23,24)(H,25,26). The van der Waals surface area contributed by atoms with Gasteiger partial charge in [0, 0.05) is 36.0 Å². The van der Waals surface area contributed by atoms with Crippen molar-refractivity contribution in [2.45, 2.75) is 27.2 Å². The van der Waals surface area contributed by atoms with E-state index in [1.807, 2.05) is 18.5 Å². The van der Waals surface area contributed by atoms with Gasteiger partial charge in [-0.05, 0) is 23.5 Å². The maximum Gasteiger partial charge on any atom is 0.156 e. The summed E-state index contributed by atoms with van der Waals surface area (Å²) in [4.78, 5) is 17.3. The molecular weight excluding hydrogens is 334 g/mol. The van der Waals surface area contributed by atoms with Crippen LogP contribution in [0, 0.1) is 5.41 Å². The van der Waals surface area contributed by atoms with Gasteiger partial charge in [0.2, 0.25) is 0 Å². The second-order valence-electron chi connectivity index (χ2n) is 7.97. The lowest BCUT2D eigenvalue weighted by molar-refractivity contribution is 0.568. The molecule has 1 aliphatic rings. The summed E-state index contributed by atoms with van der Waals surface area (Å²) in [6.45, 7) is 12.6. The number of amidine groups is 1. The van der Waals surface area contributed by atoms with Gasteiger partial charge in [0.15, 0.2) is 5.65 Å². The number of allylic oxidation sites excluding steroid dienone is 1. The van der Waals surface area contributed by atoms with Gasteiger partial charge in [0.25, 0.3) is 0 Å². The van der Waals surface area contributed by atoms with Crippen LogP contribution in [-0.4, -0.2) is 33.9 Å². The lowest BCUT2D eigenvalue weighted by atomic mass is 9.84. The van der Waals surface area contributed by atoms with Crippen LogP contribution in [0.1, 0.15) is 38.3 Å². The number of benzene rings is 1. The van der Waals surface area contributed by atoms with Crippen molar-refractivity contribution in [3.63, 3.8) is 0 Å². The molecule has 0 spiro atoms.